The van der Waals surface area contributed by atoms with Crippen molar-refractivity contribution in [1.29, 1.82) is 0 Å². The first-order valence-electron chi connectivity index (χ1n) is 5.19. The number of hydrogen-bond acceptors (Lipinski definition) is 2. The Labute approximate surface area is 122 Å². The van der Waals surface area contributed by atoms with E-state index in [9.17, 15) is 8.78 Å². The third-order valence-corrected chi connectivity index (χ3v) is 3.06. The highest BCUT2D eigenvalue weighted by atomic mass is 79.9. The Kier molecular flexibility index (Phi) is 4.11. The standard InChI is InChI=1S/C13H8BrF2NOS/c14-8-2-3-9(15)12(6-8)18-11-4-1-7(13(17)19)5-10(11)16/h1-6H,(H2,17,19). The fourth-order valence-electron chi connectivity index (χ4n) is 1.41. The molecule has 0 atom stereocenters. The molecule has 0 aliphatic rings. The first kappa shape index (κ1) is 13.9. The van der Waals surface area contributed by atoms with E-state index in [4.69, 9.17) is 22.7 Å². The van der Waals surface area contributed by atoms with Crippen LogP contribution in [0, 0.1) is 11.6 Å². The maximum atomic E-state index is 13.8. The maximum absolute atomic E-state index is 13.8. The predicted molar refractivity (Wildman–Crippen MR) is 76.5 cm³/mol. The van der Waals surface area contributed by atoms with Crippen molar-refractivity contribution < 1.29 is 13.5 Å². The van der Waals surface area contributed by atoms with Gasteiger partial charge in [0.25, 0.3) is 0 Å². The Morgan fingerprint density at radius 3 is 2.42 bits per heavy atom. The lowest BCUT2D eigenvalue weighted by atomic mass is 10.2. The van der Waals surface area contributed by atoms with Gasteiger partial charge in [-0.15, -0.1) is 0 Å². The molecule has 0 aliphatic carbocycles. The van der Waals surface area contributed by atoms with Gasteiger partial charge in [0, 0.05) is 10.0 Å². The monoisotopic (exact) mass is 343 g/mol. The molecule has 0 radical (unpaired) electrons. The predicted octanol–water partition coefficient (Wildman–Crippen LogP) is 4.15. The van der Waals surface area contributed by atoms with Gasteiger partial charge in [-0.05, 0) is 36.4 Å². The largest absolute Gasteiger partial charge is 0.451 e. The minimum absolute atomic E-state index is 0.0728. The Morgan fingerprint density at radius 2 is 1.79 bits per heavy atom. The van der Waals surface area contributed by atoms with Gasteiger partial charge >= 0.3 is 0 Å². The number of hydrogen-bond donors (Lipinski definition) is 1. The third kappa shape index (κ3) is 3.27. The van der Waals surface area contributed by atoms with Crippen molar-refractivity contribution in [2.24, 2.45) is 5.73 Å². The summed E-state index contributed by atoms with van der Waals surface area (Å²) in [6, 6.07) is 8.17. The van der Waals surface area contributed by atoms with Crippen LogP contribution < -0.4 is 10.5 Å². The minimum atomic E-state index is -0.662. The summed E-state index contributed by atoms with van der Waals surface area (Å²) in [5.74, 6) is -1.42. The summed E-state index contributed by atoms with van der Waals surface area (Å²) in [4.78, 5) is 0.0825. The molecule has 2 aromatic carbocycles. The molecule has 0 heterocycles. The van der Waals surface area contributed by atoms with Gasteiger partial charge in [-0.2, -0.15) is 0 Å². The number of nitrogens with two attached hydrogens (primary N) is 1. The maximum Gasteiger partial charge on any atom is 0.166 e. The van der Waals surface area contributed by atoms with Crippen LogP contribution in [0.4, 0.5) is 8.78 Å². The van der Waals surface area contributed by atoms with Crippen molar-refractivity contribution in [2.45, 2.75) is 0 Å². The molecule has 0 saturated carbocycles. The first-order chi connectivity index (χ1) is 8.97. The van der Waals surface area contributed by atoms with Gasteiger partial charge in [0.1, 0.15) is 4.99 Å². The molecule has 0 saturated heterocycles. The third-order valence-electron chi connectivity index (χ3n) is 2.33. The van der Waals surface area contributed by atoms with Gasteiger partial charge in [-0.1, -0.05) is 28.1 Å². The summed E-state index contributed by atoms with van der Waals surface area (Å²) in [6.45, 7) is 0. The zero-order chi connectivity index (χ0) is 14.0. The van der Waals surface area contributed by atoms with E-state index in [2.05, 4.69) is 15.9 Å². The first-order valence-corrected chi connectivity index (χ1v) is 6.40. The van der Waals surface area contributed by atoms with Crippen LogP contribution in [0.25, 0.3) is 0 Å². The highest BCUT2D eigenvalue weighted by molar-refractivity contribution is 9.10. The van der Waals surface area contributed by atoms with Gasteiger partial charge in [-0.25, -0.2) is 8.78 Å². The molecule has 0 aromatic heterocycles. The fraction of sp³-hybridized carbons (Fsp3) is 0. The van der Waals surface area contributed by atoms with Crippen molar-refractivity contribution in [2.75, 3.05) is 0 Å². The molecule has 2 rings (SSSR count). The average Bonchev–Trinajstić information content (AvgIpc) is 2.36. The van der Waals surface area contributed by atoms with Crippen molar-refractivity contribution in [3.8, 4) is 11.5 Å². The second-order valence-corrected chi connectivity index (χ2v) is 5.04. The molecule has 0 spiro atoms. The molecule has 0 bridgehead atoms. The normalized spacial score (nSPS) is 10.3. The van der Waals surface area contributed by atoms with Gasteiger partial charge in [0.15, 0.2) is 23.1 Å². The molecular formula is C13H8BrF2NOS. The topological polar surface area (TPSA) is 35.2 Å². The lowest BCUT2D eigenvalue weighted by Gasteiger charge is -2.09. The molecule has 19 heavy (non-hydrogen) atoms. The Morgan fingerprint density at radius 1 is 1.05 bits per heavy atom. The van der Waals surface area contributed by atoms with Crippen molar-refractivity contribution in [3.05, 3.63) is 58.1 Å². The zero-order valence-corrected chi connectivity index (χ0v) is 11.9. The number of ether oxygens (including phenoxy) is 1. The quantitative estimate of drug-likeness (QED) is 0.850. The Hall–Kier alpha value is -1.53. The van der Waals surface area contributed by atoms with Crippen molar-refractivity contribution >= 4 is 33.1 Å². The Balaban J connectivity index is 2.33. The van der Waals surface area contributed by atoms with Gasteiger partial charge in [-0.3, -0.25) is 0 Å². The van der Waals surface area contributed by atoms with Crippen LogP contribution in [0.3, 0.4) is 0 Å². The van der Waals surface area contributed by atoms with Crippen LogP contribution >= 0.6 is 28.1 Å². The van der Waals surface area contributed by atoms with Crippen LogP contribution in [0.1, 0.15) is 5.56 Å². The molecule has 98 valence electrons. The van der Waals surface area contributed by atoms with E-state index >= 15 is 0 Å². The molecule has 2 nitrogen and oxygen atoms in total. The molecule has 2 N–H and O–H groups in total. The van der Waals surface area contributed by atoms with Gasteiger partial charge in [0.05, 0.1) is 0 Å². The van der Waals surface area contributed by atoms with Crippen LogP contribution in [0.2, 0.25) is 0 Å². The SMILES string of the molecule is NC(=S)c1ccc(Oc2cc(Br)ccc2F)c(F)c1. The summed E-state index contributed by atoms with van der Waals surface area (Å²) in [5, 5.41) is 0. The average molecular weight is 344 g/mol. The number of halogens is 3. The number of rotatable bonds is 3. The molecule has 0 unspecified atom stereocenters. The molecule has 6 heteroatoms. The summed E-state index contributed by atoms with van der Waals surface area (Å²) in [5.41, 5.74) is 5.77. The molecule has 2 aromatic rings. The molecule has 0 amide bonds. The van der Waals surface area contributed by atoms with Crippen molar-refractivity contribution in [3.63, 3.8) is 0 Å². The minimum Gasteiger partial charge on any atom is -0.451 e. The van der Waals surface area contributed by atoms with Crippen LogP contribution in [0.15, 0.2) is 40.9 Å². The van der Waals surface area contributed by atoms with Gasteiger partial charge in [0.2, 0.25) is 0 Å². The summed E-state index contributed by atoms with van der Waals surface area (Å²) in [6.07, 6.45) is 0. The highest BCUT2D eigenvalue weighted by Crippen LogP contribution is 2.29. The van der Waals surface area contributed by atoms with Gasteiger partial charge < -0.3 is 10.5 Å². The van der Waals surface area contributed by atoms with E-state index in [1.807, 2.05) is 0 Å². The lowest BCUT2D eigenvalue weighted by molar-refractivity contribution is 0.414. The highest BCUT2D eigenvalue weighted by Gasteiger charge is 2.10. The van der Waals surface area contributed by atoms with E-state index in [0.29, 0.717) is 10.0 Å². The van der Waals surface area contributed by atoms with Crippen molar-refractivity contribution in [1.82, 2.24) is 0 Å². The van der Waals surface area contributed by atoms with Crippen LogP contribution in [-0.2, 0) is 0 Å². The fourth-order valence-corrected chi connectivity index (χ4v) is 1.88. The molecule has 0 fully saturated rings. The lowest BCUT2D eigenvalue weighted by Crippen LogP contribution is -2.09. The number of benzene rings is 2. The van der Waals surface area contributed by atoms with Crippen LogP contribution in [0.5, 0.6) is 11.5 Å². The summed E-state index contributed by atoms with van der Waals surface area (Å²) < 4.78 is 33.1. The number of thiocarbonyl (C=S) groups is 1. The molecule has 0 aliphatic heterocycles. The smallest absolute Gasteiger partial charge is 0.166 e. The summed E-state index contributed by atoms with van der Waals surface area (Å²) in [7, 11) is 0. The second kappa shape index (κ2) is 5.63. The van der Waals surface area contributed by atoms with E-state index in [-0.39, 0.29) is 16.5 Å². The zero-order valence-electron chi connectivity index (χ0n) is 9.49. The summed E-state index contributed by atoms with van der Waals surface area (Å²) >= 11 is 7.92. The molecular weight excluding hydrogens is 336 g/mol. The van der Waals surface area contributed by atoms with E-state index in [1.165, 1.54) is 30.3 Å². The van der Waals surface area contributed by atoms with Crippen LogP contribution in [-0.4, -0.2) is 4.99 Å². The van der Waals surface area contributed by atoms with E-state index < -0.39 is 11.6 Å². The second-order valence-electron chi connectivity index (χ2n) is 3.69. The van der Waals surface area contributed by atoms with E-state index in [0.717, 1.165) is 6.07 Å². The van der Waals surface area contributed by atoms with E-state index in [1.54, 1.807) is 0 Å². The Bertz CT molecular complexity index is 649.